The molecule has 0 aliphatic heterocycles. The van der Waals surface area contributed by atoms with Crippen molar-refractivity contribution in [2.75, 3.05) is 0 Å². The molecule has 6 nitrogen and oxygen atoms in total. The van der Waals surface area contributed by atoms with E-state index in [1.54, 1.807) is 12.3 Å². The molecule has 0 saturated heterocycles. The summed E-state index contributed by atoms with van der Waals surface area (Å²) < 4.78 is 13.7. The highest BCUT2D eigenvalue weighted by Crippen LogP contribution is 2.32. The van der Waals surface area contributed by atoms with Gasteiger partial charge in [-0.05, 0) is 48.9 Å². The molecule has 0 spiro atoms. The van der Waals surface area contributed by atoms with Gasteiger partial charge in [-0.1, -0.05) is 45.9 Å². The van der Waals surface area contributed by atoms with E-state index in [2.05, 4.69) is 26.1 Å². The minimum Gasteiger partial charge on any atom is -0.469 e. The first-order valence-electron chi connectivity index (χ1n) is 9.50. The van der Waals surface area contributed by atoms with Gasteiger partial charge in [-0.25, -0.2) is 4.79 Å². The Labute approximate surface area is 190 Å². The zero-order valence-corrected chi connectivity index (χ0v) is 18.8. The van der Waals surface area contributed by atoms with Crippen LogP contribution in [0, 0.1) is 6.92 Å². The molecule has 0 amide bonds. The summed E-state index contributed by atoms with van der Waals surface area (Å²) in [5.74, 6) is 2.03. The van der Waals surface area contributed by atoms with Crippen LogP contribution in [0.3, 0.4) is 0 Å². The minimum absolute atomic E-state index is 0.375. The lowest BCUT2D eigenvalue weighted by Gasteiger charge is -2.10. The van der Waals surface area contributed by atoms with E-state index in [4.69, 9.17) is 8.83 Å². The molecule has 0 radical (unpaired) electrons. The molecule has 3 heterocycles. The summed E-state index contributed by atoms with van der Waals surface area (Å²) in [5.41, 5.74) is 2.90. The number of thioether (sulfide) groups is 1. The highest BCUT2D eigenvalue weighted by Gasteiger charge is 2.19. The van der Waals surface area contributed by atoms with Crippen molar-refractivity contribution in [1.29, 1.82) is 0 Å². The largest absolute Gasteiger partial charge is 0.469 e. The minimum atomic E-state index is -0.375. The standard InChI is InChI=1S/C23H16BrN3O3S/c1-14-18(9-10-29-14)22-25-26-23(27(22)17-5-3-2-4-6-17)31-13-15-11-21(28)30-20-12-16(24)7-8-19(15)20/h2-12H,13H2,1H3. The Bertz CT molecular complexity index is 1440. The molecule has 0 aliphatic carbocycles. The lowest BCUT2D eigenvalue weighted by atomic mass is 10.1. The molecule has 154 valence electrons. The fourth-order valence-corrected chi connectivity index (χ4v) is 4.71. The van der Waals surface area contributed by atoms with Gasteiger partial charge < -0.3 is 8.83 Å². The molecule has 0 saturated carbocycles. The highest BCUT2D eigenvalue weighted by molar-refractivity contribution is 9.10. The second-order valence-electron chi connectivity index (χ2n) is 6.89. The Morgan fingerprint density at radius 1 is 1.06 bits per heavy atom. The van der Waals surface area contributed by atoms with Crippen LogP contribution in [0.5, 0.6) is 0 Å². The third-order valence-corrected chi connectivity index (χ3v) is 6.37. The number of halogens is 1. The van der Waals surface area contributed by atoms with E-state index in [1.807, 2.05) is 60.0 Å². The summed E-state index contributed by atoms with van der Waals surface area (Å²) in [7, 11) is 0. The zero-order valence-electron chi connectivity index (χ0n) is 16.4. The summed E-state index contributed by atoms with van der Waals surface area (Å²) in [5, 5.41) is 10.5. The van der Waals surface area contributed by atoms with Crippen LogP contribution in [0.25, 0.3) is 28.0 Å². The van der Waals surface area contributed by atoms with Gasteiger partial charge >= 0.3 is 5.63 Å². The summed E-state index contributed by atoms with van der Waals surface area (Å²) in [6, 6.07) is 19.0. The van der Waals surface area contributed by atoms with Gasteiger partial charge in [0.15, 0.2) is 11.0 Å². The molecular formula is C23H16BrN3O3S. The number of nitrogens with zero attached hydrogens (tertiary/aromatic N) is 3. The normalized spacial score (nSPS) is 11.3. The fraction of sp³-hybridized carbons (Fsp3) is 0.0870. The molecule has 31 heavy (non-hydrogen) atoms. The maximum Gasteiger partial charge on any atom is 0.336 e. The van der Waals surface area contributed by atoms with Crippen molar-refractivity contribution in [2.24, 2.45) is 0 Å². The number of furan rings is 1. The first kappa shape index (κ1) is 19.8. The van der Waals surface area contributed by atoms with Crippen molar-refractivity contribution in [3.63, 3.8) is 0 Å². The van der Waals surface area contributed by atoms with Gasteiger partial charge in [0.2, 0.25) is 0 Å². The molecule has 2 aromatic carbocycles. The number of rotatable bonds is 5. The van der Waals surface area contributed by atoms with Crippen molar-refractivity contribution < 1.29 is 8.83 Å². The van der Waals surface area contributed by atoms with Crippen LogP contribution in [0.2, 0.25) is 0 Å². The maximum absolute atomic E-state index is 12.1. The third-order valence-electron chi connectivity index (χ3n) is 4.90. The van der Waals surface area contributed by atoms with Crippen molar-refractivity contribution in [1.82, 2.24) is 14.8 Å². The number of hydrogen-bond acceptors (Lipinski definition) is 6. The molecule has 0 fully saturated rings. The predicted molar refractivity (Wildman–Crippen MR) is 124 cm³/mol. The van der Waals surface area contributed by atoms with Crippen molar-refractivity contribution in [3.05, 3.63) is 93.1 Å². The van der Waals surface area contributed by atoms with Gasteiger partial charge in [-0.2, -0.15) is 0 Å². The van der Waals surface area contributed by atoms with Gasteiger partial charge in [-0.15, -0.1) is 10.2 Å². The topological polar surface area (TPSA) is 74.1 Å². The SMILES string of the molecule is Cc1occc1-c1nnc(SCc2cc(=O)oc3cc(Br)ccc23)n1-c1ccccc1. The van der Waals surface area contributed by atoms with Crippen LogP contribution in [0.1, 0.15) is 11.3 Å². The number of aromatic nitrogens is 3. The summed E-state index contributed by atoms with van der Waals surface area (Å²) in [4.78, 5) is 12.1. The molecule has 3 aromatic heterocycles. The van der Waals surface area contributed by atoms with Crippen molar-refractivity contribution >= 4 is 38.7 Å². The average Bonchev–Trinajstić information content (AvgIpc) is 3.37. The lowest BCUT2D eigenvalue weighted by molar-refractivity contribution is 0.535. The number of hydrogen-bond donors (Lipinski definition) is 0. The quantitative estimate of drug-likeness (QED) is 0.221. The van der Waals surface area contributed by atoms with Gasteiger partial charge in [0, 0.05) is 27.4 Å². The van der Waals surface area contributed by atoms with Gasteiger partial charge in [0.1, 0.15) is 11.3 Å². The number of para-hydroxylation sites is 1. The molecule has 0 N–H and O–H groups in total. The van der Waals surface area contributed by atoms with Gasteiger partial charge in [0.05, 0.1) is 11.8 Å². The van der Waals surface area contributed by atoms with Crippen LogP contribution in [-0.4, -0.2) is 14.8 Å². The van der Waals surface area contributed by atoms with Gasteiger partial charge in [0.25, 0.3) is 0 Å². The molecule has 8 heteroatoms. The van der Waals surface area contributed by atoms with Crippen LogP contribution in [-0.2, 0) is 5.75 Å². The Kier molecular flexibility index (Phi) is 5.25. The van der Waals surface area contributed by atoms with Crippen molar-refractivity contribution in [3.8, 4) is 17.1 Å². The van der Waals surface area contributed by atoms with Crippen LogP contribution in [0.4, 0.5) is 0 Å². The summed E-state index contributed by atoms with van der Waals surface area (Å²) in [6.45, 7) is 1.90. The molecule has 5 rings (SSSR count). The van der Waals surface area contributed by atoms with E-state index in [9.17, 15) is 4.79 Å². The van der Waals surface area contributed by atoms with Crippen LogP contribution < -0.4 is 5.63 Å². The Hall–Kier alpha value is -3.10. The molecule has 0 unspecified atom stereocenters. The smallest absolute Gasteiger partial charge is 0.336 e. The van der Waals surface area contributed by atoms with E-state index in [-0.39, 0.29) is 5.63 Å². The molecule has 5 aromatic rings. The lowest BCUT2D eigenvalue weighted by Crippen LogP contribution is -2.02. The molecular weight excluding hydrogens is 478 g/mol. The molecule has 0 atom stereocenters. The highest BCUT2D eigenvalue weighted by atomic mass is 79.9. The second-order valence-corrected chi connectivity index (χ2v) is 8.75. The van der Waals surface area contributed by atoms with Crippen molar-refractivity contribution in [2.45, 2.75) is 17.8 Å². The van der Waals surface area contributed by atoms with Crippen LogP contribution in [0.15, 0.2) is 90.2 Å². The monoisotopic (exact) mass is 493 g/mol. The summed E-state index contributed by atoms with van der Waals surface area (Å²) >= 11 is 4.94. The van der Waals surface area contributed by atoms with E-state index >= 15 is 0 Å². The number of fused-ring (bicyclic) bond motifs is 1. The Balaban J connectivity index is 1.57. The fourth-order valence-electron chi connectivity index (χ4n) is 3.43. The second kappa shape index (κ2) is 8.20. The van der Waals surface area contributed by atoms with E-state index < -0.39 is 0 Å². The average molecular weight is 494 g/mol. The zero-order chi connectivity index (χ0) is 21.4. The number of aryl methyl sites for hydroxylation is 1. The van der Waals surface area contributed by atoms with E-state index in [0.29, 0.717) is 17.2 Å². The molecule has 0 aliphatic rings. The molecule has 0 bridgehead atoms. The van der Waals surface area contributed by atoms with E-state index in [1.165, 1.54) is 17.8 Å². The number of benzene rings is 2. The Morgan fingerprint density at radius 2 is 1.90 bits per heavy atom. The third kappa shape index (κ3) is 3.84. The maximum atomic E-state index is 12.1. The van der Waals surface area contributed by atoms with Crippen LogP contribution >= 0.6 is 27.7 Å². The van der Waals surface area contributed by atoms with E-state index in [0.717, 1.165) is 37.6 Å². The predicted octanol–water partition coefficient (Wildman–Crippen LogP) is 6.00. The summed E-state index contributed by atoms with van der Waals surface area (Å²) in [6.07, 6.45) is 1.65. The first-order valence-corrected chi connectivity index (χ1v) is 11.3. The Morgan fingerprint density at radius 3 is 2.68 bits per heavy atom. The van der Waals surface area contributed by atoms with Gasteiger partial charge in [-0.3, -0.25) is 4.57 Å². The first-order chi connectivity index (χ1) is 15.1.